The van der Waals surface area contributed by atoms with Crippen LogP contribution in [0.25, 0.3) is 0 Å². The molecule has 1 atom stereocenters. The van der Waals surface area contributed by atoms with Crippen molar-refractivity contribution in [3.8, 4) is 5.88 Å². The van der Waals surface area contributed by atoms with E-state index in [0.29, 0.717) is 11.6 Å². The Kier molecular flexibility index (Phi) is 4.03. The second-order valence-corrected chi connectivity index (χ2v) is 4.05. The van der Waals surface area contributed by atoms with Crippen molar-refractivity contribution in [1.29, 1.82) is 0 Å². The number of aromatic nitrogens is 2. The van der Waals surface area contributed by atoms with Gasteiger partial charge >= 0.3 is 0 Å². The Morgan fingerprint density at radius 1 is 1.32 bits per heavy atom. The first kappa shape index (κ1) is 13.4. The number of hydrogen-bond acceptors (Lipinski definition) is 5. The van der Waals surface area contributed by atoms with E-state index in [2.05, 4.69) is 15.4 Å². The summed E-state index contributed by atoms with van der Waals surface area (Å²) in [6.45, 7) is 1.81. The third kappa shape index (κ3) is 2.69. The van der Waals surface area contributed by atoms with Crippen molar-refractivity contribution < 1.29 is 9.13 Å². The number of benzene rings is 1. The highest BCUT2D eigenvalue weighted by atomic mass is 19.1. The lowest BCUT2D eigenvalue weighted by Crippen LogP contribution is -2.30. The van der Waals surface area contributed by atoms with Gasteiger partial charge in [-0.3, -0.25) is 10.8 Å². The first-order chi connectivity index (χ1) is 9.17. The number of nitrogens with zero attached hydrogens (tertiary/aromatic N) is 2. The Morgan fingerprint density at radius 3 is 2.68 bits per heavy atom. The highest BCUT2D eigenvalue weighted by Crippen LogP contribution is 2.27. The van der Waals surface area contributed by atoms with E-state index in [1.165, 1.54) is 25.4 Å². The quantitative estimate of drug-likeness (QED) is 0.645. The molecule has 3 N–H and O–H groups in total. The first-order valence-electron chi connectivity index (χ1n) is 5.74. The minimum atomic E-state index is -0.413. The van der Waals surface area contributed by atoms with Gasteiger partial charge in [-0.2, -0.15) is 0 Å². The van der Waals surface area contributed by atoms with Crippen molar-refractivity contribution in [2.75, 3.05) is 7.11 Å². The SMILES string of the molecule is COc1nccnc1C(NN)c1ccc(F)cc1C. The van der Waals surface area contributed by atoms with Crippen LogP contribution in [0, 0.1) is 12.7 Å². The zero-order chi connectivity index (χ0) is 13.8. The summed E-state index contributed by atoms with van der Waals surface area (Å²) in [6.07, 6.45) is 3.09. The average Bonchev–Trinajstić information content (AvgIpc) is 2.42. The second-order valence-electron chi connectivity index (χ2n) is 4.05. The van der Waals surface area contributed by atoms with Crippen LogP contribution in [0.3, 0.4) is 0 Å². The number of halogens is 1. The lowest BCUT2D eigenvalue weighted by Gasteiger charge is -2.19. The molecule has 0 radical (unpaired) electrons. The number of nitrogens with two attached hydrogens (primary N) is 1. The molecular weight excluding hydrogens is 247 g/mol. The first-order valence-corrected chi connectivity index (χ1v) is 5.74. The molecule has 0 saturated heterocycles. The number of ether oxygens (including phenoxy) is 1. The van der Waals surface area contributed by atoms with Crippen LogP contribution in [0.4, 0.5) is 4.39 Å². The molecule has 6 heteroatoms. The van der Waals surface area contributed by atoms with Gasteiger partial charge in [0.25, 0.3) is 0 Å². The monoisotopic (exact) mass is 262 g/mol. The van der Waals surface area contributed by atoms with Crippen molar-refractivity contribution >= 4 is 0 Å². The molecule has 0 fully saturated rings. The van der Waals surface area contributed by atoms with Gasteiger partial charge in [0.2, 0.25) is 5.88 Å². The molecule has 0 amide bonds. The summed E-state index contributed by atoms with van der Waals surface area (Å²) >= 11 is 0. The van der Waals surface area contributed by atoms with Crippen LogP contribution < -0.4 is 16.0 Å². The highest BCUT2D eigenvalue weighted by molar-refractivity contribution is 5.37. The van der Waals surface area contributed by atoms with Crippen LogP contribution in [-0.4, -0.2) is 17.1 Å². The average molecular weight is 262 g/mol. The maximum atomic E-state index is 13.2. The van der Waals surface area contributed by atoms with Gasteiger partial charge < -0.3 is 4.74 Å². The van der Waals surface area contributed by atoms with Crippen LogP contribution in [0.5, 0.6) is 5.88 Å². The summed E-state index contributed by atoms with van der Waals surface area (Å²) < 4.78 is 18.3. The van der Waals surface area contributed by atoms with Gasteiger partial charge in [-0.25, -0.2) is 14.8 Å². The number of methoxy groups -OCH3 is 1. The standard InChI is InChI=1S/C13H15FN4O/c1-8-7-9(14)3-4-10(8)11(18-15)12-13(19-2)17-6-5-16-12/h3-7,11,18H,15H2,1-2H3. The molecule has 1 aromatic heterocycles. The Bertz CT molecular complexity index is 576. The van der Waals surface area contributed by atoms with Crippen molar-refractivity contribution in [3.63, 3.8) is 0 Å². The fourth-order valence-electron chi connectivity index (χ4n) is 1.97. The molecule has 1 heterocycles. The third-order valence-electron chi connectivity index (χ3n) is 2.87. The van der Waals surface area contributed by atoms with Gasteiger partial charge in [0.1, 0.15) is 11.5 Å². The number of aryl methyl sites for hydroxylation is 1. The maximum Gasteiger partial charge on any atom is 0.237 e. The smallest absolute Gasteiger partial charge is 0.237 e. The molecule has 0 bridgehead atoms. The van der Waals surface area contributed by atoms with E-state index >= 15 is 0 Å². The van der Waals surface area contributed by atoms with E-state index in [1.54, 1.807) is 12.3 Å². The zero-order valence-electron chi connectivity index (χ0n) is 10.7. The maximum absolute atomic E-state index is 13.2. The van der Waals surface area contributed by atoms with E-state index < -0.39 is 6.04 Å². The Morgan fingerprint density at radius 2 is 2.05 bits per heavy atom. The molecule has 1 unspecified atom stereocenters. The summed E-state index contributed by atoms with van der Waals surface area (Å²) in [5.74, 6) is 5.69. The molecule has 2 aromatic rings. The lowest BCUT2D eigenvalue weighted by molar-refractivity contribution is 0.383. The van der Waals surface area contributed by atoms with E-state index in [0.717, 1.165) is 11.1 Å². The molecule has 0 saturated carbocycles. The summed E-state index contributed by atoms with van der Waals surface area (Å²) in [6, 6.07) is 4.09. The number of hydrazine groups is 1. The van der Waals surface area contributed by atoms with Gasteiger partial charge in [0, 0.05) is 12.4 Å². The molecule has 0 aliphatic rings. The lowest BCUT2D eigenvalue weighted by atomic mass is 9.99. The Hall–Kier alpha value is -2.05. The number of hydrogen-bond donors (Lipinski definition) is 2. The highest BCUT2D eigenvalue weighted by Gasteiger charge is 2.21. The second kappa shape index (κ2) is 5.73. The predicted octanol–water partition coefficient (Wildman–Crippen LogP) is 1.49. The number of nitrogens with one attached hydrogen (secondary N) is 1. The van der Waals surface area contributed by atoms with Gasteiger partial charge in [0.05, 0.1) is 13.2 Å². The van der Waals surface area contributed by atoms with E-state index in [-0.39, 0.29) is 5.82 Å². The molecule has 5 nitrogen and oxygen atoms in total. The van der Waals surface area contributed by atoms with Crippen molar-refractivity contribution in [2.45, 2.75) is 13.0 Å². The molecule has 19 heavy (non-hydrogen) atoms. The fourth-order valence-corrected chi connectivity index (χ4v) is 1.97. The van der Waals surface area contributed by atoms with E-state index in [4.69, 9.17) is 10.6 Å². The van der Waals surface area contributed by atoms with Crippen LogP contribution >= 0.6 is 0 Å². The summed E-state index contributed by atoms with van der Waals surface area (Å²) in [5, 5.41) is 0. The molecule has 100 valence electrons. The number of rotatable bonds is 4. The van der Waals surface area contributed by atoms with Crippen LogP contribution in [0.15, 0.2) is 30.6 Å². The zero-order valence-corrected chi connectivity index (χ0v) is 10.7. The van der Waals surface area contributed by atoms with Crippen LogP contribution in [0.1, 0.15) is 22.9 Å². The van der Waals surface area contributed by atoms with Gasteiger partial charge in [-0.05, 0) is 30.2 Å². The topological polar surface area (TPSA) is 73.1 Å². The summed E-state index contributed by atoms with van der Waals surface area (Å²) in [5.41, 5.74) is 4.82. The normalized spacial score (nSPS) is 12.2. The van der Waals surface area contributed by atoms with Crippen molar-refractivity contribution in [3.05, 3.63) is 53.2 Å². The summed E-state index contributed by atoms with van der Waals surface area (Å²) in [7, 11) is 1.51. The molecule has 2 rings (SSSR count). The van der Waals surface area contributed by atoms with Crippen LogP contribution in [-0.2, 0) is 0 Å². The largest absolute Gasteiger partial charge is 0.480 e. The van der Waals surface area contributed by atoms with Gasteiger partial charge in [0.15, 0.2) is 0 Å². The van der Waals surface area contributed by atoms with Crippen LogP contribution in [0.2, 0.25) is 0 Å². The molecule has 1 aromatic carbocycles. The predicted molar refractivity (Wildman–Crippen MR) is 68.9 cm³/mol. The summed E-state index contributed by atoms with van der Waals surface area (Å²) in [4.78, 5) is 8.32. The van der Waals surface area contributed by atoms with E-state index in [9.17, 15) is 4.39 Å². The van der Waals surface area contributed by atoms with Crippen molar-refractivity contribution in [2.24, 2.45) is 5.84 Å². The molecule has 0 spiro atoms. The molecule has 0 aliphatic carbocycles. The van der Waals surface area contributed by atoms with Crippen molar-refractivity contribution in [1.82, 2.24) is 15.4 Å². The molecular formula is C13H15FN4O. The Balaban J connectivity index is 2.50. The van der Waals surface area contributed by atoms with Gasteiger partial charge in [-0.15, -0.1) is 0 Å². The minimum absolute atomic E-state index is 0.289. The van der Waals surface area contributed by atoms with E-state index in [1.807, 2.05) is 6.92 Å². The third-order valence-corrected chi connectivity index (χ3v) is 2.87. The fraction of sp³-hybridized carbons (Fsp3) is 0.231. The Labute approximate surface area is 110 Å². The van der Waals surface area contributed by atoms with Gasteiger partial charge in [-0.1, -0.05) is 6.07 Å². The molecule has 0 aliphatic heterocycles. The minimum Gasteiger partial charge on any atom is -0.480 e.